The lowest BCUT2D eigenvalue weighted by molar-refractivity contribution is 0.174. The van der Waals surface area contributed by atoms with Gasteiger partial charge in [-0.15, -0.1) is 0 Å². The van der Waals surface area contributed by atoms with Crippen LogP contribution in [0, 0.1) is 0 Å². The van der Waals surface area contributed by atoms with Crippen molar-refractivity contribution in [3.63, 3.8) is 0 Å². The fraction of sp³-hybridized carbons (Fsp3) is 0.217. The van der Waals surface area contributed by atoms with Crippen molar-refractivity contribution in [3.8, 4) is 11.5 Å². The van der Waals surface area contributed by atoms with Gasteiger partial charge in [-0.05, 0) is 44.8 Å². The lowest BCUT2D eigenvalue weighted by Gasteiger charge is -2.16. The van der Waals surface area contributed by atoms with Crippen LogP contribution in [0.2, 0.25) is 0 Å². The molecule has 0 amide bonds. The zero-order valence-electron chi connectivity index (χ0n) is 15.8. The van der Waals surface area contributed by atoms with Gasteiger partial charge in [0.15, 0.2) is 11.5 Å². The summed E-state index contributed by atoms with van der Waals surface area (Å²) < 4.78 is 12.3. The van der Waals surface area contributed by atoms with Gasteiger partial charge in [-0.2, -0.15) is 0 Å². The quantitative estimate of drug-likeness (QED) is 0.497. The Morgan fingerprint density at radius 2 is 1.64 bits per heavy atom. The first-order valence-corrected chi connectivity index (χ1v) is 9.93. The second-order valence-corrected chi connectivity index (χ2v) is 7.30. The van der Waals surface area contributed by atoms with Gasteiger partial charge in [0.1, 0.15) is 6.61 Å². The third-order valence-corrected chi connectivity index (χ3v) is 4.96. The summed E-state index contributed by atoms with van der Waals surface area (Å²) in [5.41, 5.74) is 3.03. The highest BCUT2D eigenvalue weighted by Crippen LogP contribution is 2.37. The van der Waals surface area contributed by atoms with Crippen LogP contribution in [-0.2, 0) is 13.2 Å². The van der Waals surface area contributed by atoms with Crippen molar-refractivity contribution in [2.45, 2.75) is 19.3 Å². The van der Waals surface area contributed by atoms with E-state index in [9.17, 15) is 5.11 Å². The first-order chi connectivity index (χ1) is 13.7. The zero-order valence-corrected chi connectivity index (χ0v) is 17.4. The van der Waals surface area contributed by atoms with Crippen molar-refractivity contribution in [2.75, 3.05) is 13.7 Å². The van der Waals surface area contributed by atoms with Crippen LogP contribution in [0.4, 0.5) is 0 Å². The second-order valence-electron chi connectivity index (χ2n) is 6.44. The number of benzene rings is 3. The van der Waals surface area contributed by atoms with E-state index in [1.165, 1.54) is 0 Å². The van der Waals surface area contributed by atoms with Gasteiger partial charge in [0.2, 0.25) is 0 Å². The molecule has 3 aromatic rings. The van der Waals surface area contributed by atoms with E-state index in [2.05, 4.69) is 21.2 Å². The Kier molecular flexibility index (Phi) is 7.48. The molecule has 0 radical (unpaired) electrons. The molecule has 0 aliphatic carbocycles. The minimum atomic E-state index is -0.542. The lowest BCUT2D eigenvalue weighted by atomic mass is 10.1. The number of methoxy groups -OCH3 is 1. The Balaban J connectivity index is 1.60. The Labute approximate surface area is 174 Å². The molecule has 0 fully saturated rings. The maximum absolute atomic E-state index is 10.3. The molecule has 146 valence electrons. The number of aliphatic hydroxyl groups excluding tert-OH is 1. The topological polar surface area (TPSA) is 50.7 Å². The average Bonchev–Trinajstić information content (AvgIpc) is 2.74. The van der Waals surface area contributed by atoms with E-state index in [0.29, 0.717) is 31.2 Å². The molecule has 0 saturated carbocycles. The van der Waals surface area contributed by atoms with Crippen LogP contribution in [0.15, 0.2) is 77.3 Å². The molecule has 4 nitrogen and oxygen atoms in total. The van der Waals surface area contributed by atoms with Crippen LogP contribution >= 0.6 is 15.9 Å². The lowest BCUT2D eigenvalue weighted by Crippen LogP contribution is -2.21. The van der Waals surface area contributed by atoms with Gasteiger partial charge in [-0.1, -0.05) is 60.7 Å². The van der Waals surface area contributed by atoms with Crippen LogP contribution in [0.1, 0.15) is 22.8 Å². The smallest absolute Gasteiger partial charge is 0.175 e. The SMILES string of the molecule is COc1cc(CNC[C@H](O)c2ccccc2)cc(Br)c1OCc1ccccc1. The predicted molar refractivity (Wildman–Crippen MR) is 115 cm³/mol. The summed E-state index contributed by atoms with van der Waals surface area (Å²) in [4.78, 5) is 0. The molecule has 28 heavy (non-hydrogen) atoms. The molecule has 0 unspecified atom stereocenters. The Bertz CT molecular complexity index is 872. The molecule has 0 spiro atoms. The van der Waals surface area contributed by atoms with E-state index < -0.39 is 6.10 Å². The summed E-state index contributed by atoms with van der Waals surface area (Å²) in [6.07, 6.45) is -0.542. The Hall–Kier alpha value is -2.34. The maximum Gasteiger partial charge on any atom is 0.175 e. The number of ether oxygens (including phenoxy) is 2. The van der Waals surface area contributed by atoms with Crippen LogP contribution in [-0.4, -0.2) is 18.8 Å². The van der Waals surface area contributed by atoms with E-state index in [4.69, 9.17) is 9.47 Å². The largest absolute Gasteiger partial charge is 0.493 e. The number of aliphatic hydroxyl groups is 1. The first-order valence-electron chi connectivity index (χ1n) is 9.14. The van der Waals surface area contributed by atoms with Gasteiger partial charge in [-0.3, -0.25) is 0 Å². The van der Waals surface area contributed by atoms with Crippen LogP contribution in [0.3, 0.4) is 0 Å². The van der Waals surface area contributed by atoms with Crippen LogP contribution < -0.4 is 14.8 Å². The molecule has 0 aliphatic rings. The third-order valence-electron chi connectivity index (χ3n) is 4.37. The molecule has 0 aromatic heterocycles. The summed E-state index contributed by atoms with van der Waals surface area (Å²) in [6, 6.07) is 23.6. The highest BCUT2D eigenvalue weighted by molar-refractivity contribution is 9.10. The fourth-order valence-corrected chi connectivity index (χ4v) is 3.50. The molecule has 3 rings (SSSR count). The van der Waals surface area contributed by atoms with Gasteiger partial charge >= 0.3 is 0 Å². The van der Waals surface area contributed by atoms with Crippen molar-refractivity contribution >= 4 is 15.9 Å². The van der Waals surface area contributed by atoms with E-state index in [1.807, 2.05) is 72.8 Å². The molecule has 0 saturated heterocycles. The van der Waals surface area contributed by atoms with Gasteiger partial charge in [0.25, 0.3) is 0 Å². The summed E-state index contributed by atoms with van der Waals surface area (Å²) in [5, 5.41) is 13.5. The third kappa shape index (κ3) is 5.58. The van der Waals surface area contributed by atoms with Gasteiger partial charge in [0.05, 0.1) is 17.7 Å². The van der Waals surface area contributed by atoms with Crippen LogP contribution in [0.25, 0.3) is 0 Å². The van der Waals surface area contributed by atoms with Crippen molar-refractivity contribution in [1.82, 2.24) is 5.32 Å². The fourth-order valence-electron chi connectivity index (χ4n) is 2.89. The van der Waals surface area contributed by atoms with Gasteiger partial charge < -0.3 is 19.9 Å². The summed E-state index contributed by atoms with van der Waals surface area (Å²) in [5.74, 6) is 1.35. The normalized spacial score (nSPS) is 11.8. The number of hydrogen-bond acceptors (Lipinski definition) is 4. The van der Waals surface area contributed by atoms with E-state index >= 15 is 0 Å². The van der Waals surface area contributed by atoms with Gasteiger partial charge in [0, 0.05) is 13.1 Å². The summed E-state index contributed by atoms with van der Waals surface area (Å²) in [6.45, 7) is 1.55. The van der Waals surface area contributed by atoms with Crippen molar-refractivity contribution in [2.24, 2.45) is 0 Å². The molecule has 0 bridgehead atoms. The molecule has 3 aromatic carbocycles. The van der Waals surface area contributed by atoms with Crippen molar-refractivity contribution in [3.05, 3.63) is 94.0 Å². The van der Waals surface area contributed by atoms with E-state index in [-0.39, 0.29) is 0 Å². The summed E-state index contributed by atoms with van der Waals surface area (Å²) in [7, 11) is 1.63. The molecule has 2 N–H and O–H groups in total. The molecular weight excluding hydrogens is 418 g/mol. The number of hydrogen-bond donors (Lipinski definition) is 2. The number of nitrogens with one attached hydrogen (secondary N) is 1. The highest BCUT2D eigenvalue weighted by atomic mass is 79.9. The van der Waals surface area contributed by atoms with E-state index in [0.717, 1.165) is 21.2 Å². The summed E-state index contributed by atoms with van der Waals surface area (Å²) >= 11 is 3.59. The predicted octanol–water partition coefficient (Wildman–Crippen LogP) is 4.86. The maximum atomic E-state index is 10.3. The van der Waals surface area contributed by atoms with E-state index in [1.54, 1.807) is 7.11 Å². The van der Waals surface area contributed by atoms with Gasteiger partial charge in [-0.25, -0.2) is 0 Å². The zero-order chi connectivity index (χ0) is 19.8. The minimum Gasteiger partial charge on any atom is -0.493 e. The van der Waals surface area contributed by atoms with Crippen molar-refractivity contribution < 1.29 is 14.6 Å². The minimum absolute atomic E-state index is 0.468. The second kappa shape index (κ2) is 10.3. The van der Waals surface area contributed by atoms with Crippen LogP contribution in [0.5, 0.6) is 11.5 Å². The number of rotatable bonds is 9. The highest BCUT2D eigenvalue weighted by Gasteiger charge is 2.13. The monoisotopic (exact) mass is 441 g/mol. The molecular formula is C23H24BrNO3. The van der Waals surface area contributed by atoms with Crippen molar-refractivity contribution in [1.29, 1.82) is 0 Å². The molecule has 0 aliphatic heterocycles. The Morgan fingerprint density at radius 3 is 2.32 bits per heavy atom. The standard InChI is InChI=1S/C23H24BrNO3/c1-27-22-13-18(14-25-15-21(26)19-10-6-3-7-11-19)12-20(24)23(22)28-16-17-8-4-2-5-9-17/h2-13,21,25-26H,14-16H2,1H3/t21-/m0/s1. The number of halogens is 1. The molecule has 5 heteroatoms. The first kappa shape index (κ1) is 20.4. The average molecular weight is 442 g/mol. The molecule has 1 atom stereocenters. The molecule has 0 heterocycles. The Morgan fingerprint density at radius 1 is 0.964 bits per heavy atom.